The lowest BCUT2D eigenvalue weighted by molar-refractivity contribution is -0.121. The number of carbonyl (C=O) groups excluding carboxylic acids is 3. The Morgan fingerprint density at radius 1 is 1.00 bits per heavy atom. The monoisotopic (exact) mass is 419 g/mol. The van der Waals surface area contributed by atoms with Gasteiger partial charge in [0, 0.05) is 35.8 Å². The van der Waals surface area contributed by atoms with Gasteiger partial charge in [0.05, 0.1) is 11.5 Å². The van der Waals surface area contributed by atoms with E-state index in [2.05, 4.69) is 10.3 Å². The fraction of sp³-hybridized carbons (Fsp3) is 0.217. The van der Waals surface area contributed by atoms with E-state index in [4.69, 9.17) is 0 Å². The van der Waals surface area contributed by atoms with E-state index in [1.165, 1.54) is 11.3 Å². The smallest absolute Gasteiger partial charge is 0.254 e. The van der Waals surface area contributed by atoms with Crippen molar-refractivity contribution in [2.24, 2.45) is 5.92 Å². The van der Waals surface area contributed by atoms with Crippen LogP contribution in [-0.2, 0) is 4.79 Å². The maximum Gasteiger partial charge on any atom is 0.254 e. The molecule has 0 bridgehead atoms. The van der Waals surface area contributed by atoms with Gasteiger partial charge in [0.25, 0.3) is 5.91 Å². The summed E-state index contributed by atoms with van der Waals surface area (Å²) >= 11 is 1.36. The van der Waals surface area contributed by atoms with Gasteiger partial charge in [-0.15, -0.1) is 11.3 Å². The first-order valence-corrected chi connectivity index (χ1v) is 10.7. The van der Waals surface area contributed by atoms with Gasteiger partial charge in [-0.3, -0.25) is 14.4 Å². The van der Waals surface area contributed by atoms with Crippen LogP contribution in [0.3, 0.4) is 0 Å². The second-order valence-electron chi connectivity index (χ2n) is 7.16. The standard InChI is InChI=1S/C23H21N3O3S/c27-20(16-7-2-1-3-8-16)18-10-4-5-11-19(18)22(29)26-13-6-9-17(15-26)21(28)25-23-24-12-14-30-23/h1-5,7-8,10-12,14,17H,6,9,13,15H2,(H,24,25,28). The molecular formula is C23H21N3O3S. The number of ketones is 1. The number of aromatic nitrogens is 1. The number of thiazole rings is 1. The molecule has 6 nitrogen and oxygen atoms in total. The molecule has 0 saturated carbocycles. The molecule has 1 atom stereocenters. The van der Waals surface area contributed by atoms with E-state index >= 15 is 0 Å². The number of likely N-dealkylation sites (tertiary alicyclic amines) is 1. The number of rotatable bonds is 5. The van der Waals surface area contributed by atoms with Crippen LogP contribution in [0.15, 0.2) is 66.2 Å². The number of piperidine rings is 1. The van der Waals surface area contributed by atoms with Crippen LogP contribution in [0.4, 0.5) is 5.13 Å². The molecule has 2 heterocycles. The number of benzene rings is 2. The first kappa shape index (κ1) is 20.0. The molecule has 2 amide bonds. The molecule has 1 saturated heterocycles. The van der Waals surface area contributed by atoms with Crippen molar-refractivity contribution in [2.45, 2.75) is 12.8 Å². The summed E-state index contributed by atoms with van der Waals surface area (Å²) in [6.07, 6.45) is 3.08. The summed E-state index contributed by atoms with van der Waals surface area (Å²) in [5.74, 6) is -0.837. The van der Waals surface area contributed by atoms with Crippen molar-refractivity contribution in [1.82, 2.24) is 9.88 Å². The minimum Gasteiger partial charge on any atom is -0.338 e. The van der Waals surface area contributed by atoms with Crippen LogP contribution in [0.2, 0.25) is 0 Å². The van der Waals surface area contributed by atoms with Crippen molar-refractivity contribution in [3.05, 3.63) is 82.9 Å². The van der Waals surface area contributed by atoms with Crippen molar-refractivity contribution in [1.29, 1.82) is 0 Å². The van der Waals surface area contributed by atoms with E-state index in [1.807, 2.05) is 6.07 Å². The zero-order chi connectivity index (χ0) is 20.9. The molecular weight excluding hydrogens is 398 g/mol. The van der Waals surface area contributed by atoms with E-state index in [1.54, 1.807) is 65.0 Å². The van der Waals surface area contributed by atoms with Crippen LogP contribution in [0.25, 0.3) is 0 Å². The lowest BCUT2D eigenvalue weighted by atomic mass is 9.94. The molecule has 1 aromatic heterocycles. The van der Waals surface area contributed by atoms with E-state index < -0.39 is 0 Å². The summed E-state index contributed by atoms with van der Waals surface area (Å²) in [4.78, 5) is 44.6. The van der Waals surface area contributed by atoms with Crippen molar-refractivity contribution in [2.75, 3.05) is 18.4 Å². The Kier molecular flexibility index (Phi) is 5.99. The molecule has 1 unspecified atom stereocenters. The fourth-order valence-corrected chi connectivity index (χ4v) is 4.18. The van der Waals surface area contributed by atoms with E-state index in [0.29, 0.717) is 41.3 Å². The normalized spacial score (nSPS) is 16.1. The zero-order valence-electron chi connectivity index (χ0n) is 16.3. The van der Waals surface area contributed by atoms with Gasteiger partial charge in [0.15, 0.2) is 10.9 Å². The molecule has 1 N–H and O–H groups in total. The Balaban J connectivity index is 1.52. The second kappa shape index (κ2) is 9.00. The number of hydrogen-bond acceptors (Lipinski definition) is 5. The molecule has 30 heavy (non-hydrogen) atoms. The zero-order valence-corrected chi connectivity index (χ0v) is 17.1. The summed E-state index contributed by atoms with van der Waals surface area (Å²) < 4.78 is 0. The molecule has 1 fully saturated rings. The predicted molar refractivity (Wildman–Crippen MR) is 116 cm³/mol. The van der Waals surface area contributed by atoms with Gasteiger partial charge in [-0.2, -0.15) is 0 Å². The number of carbonyl (C=O) groups is 3. The third kappa shape index (κ3) is 4.31. The topological polar surface area (TPSA) is 79.4 Å². The number of hydrogen-bond donors (Lipinski definition) is 1. The lowest BCUT2D eigenvalue weighted by Crippen LogP contribution is -2.44. The van der Waals surface area contributed by atoms with Gasteiger partial charge >= 0.3 is 0 Å². The Bertz CT molecular complexity index is 1050. The average Bonchev–Trinajstić information content (AvgIpc) is 3.32. The highest BCUT2D eigenvalue weighted by Gasteiger charge is 2.30. The minimum absolute atomic E-state index is 0.129. The summed E-state index contributed by atoms with van der Waals surface area (Å²) in [7, 11) is 0. The van der Waals surface area contributed by atoms with E-state index in [-0.39, 0.29) is 23.5 Å². The van der Waals surface area contributed by atoms with Crippen LogP contribution in [0.5, 0.6) is 0 Å². The average molecular weight is 420 g/mol. The van der Waals surface area contributed by atoms with E-state index in [0.717, 1.165) is 6.42 Å². The van der Waals surface area contributed by atoms with Crippen LogP contribution in [0, 0.1) is 5.92 Å². The maximum absolute atomic E-state index is 13.3. The third-order valence-corrected chi connectivity index (χ3v) is 5.87. The van der Waals surface area contributed by atoms with Gasteiger partial charge in [-0.25, -0.2) is 4.98 Å². The molecule has 0 spiro atoms. The Morgan fingerprint density at radius 3 is 2.47 bits per heavy atom. The quantitative estimate of drug-likeness (QED) is 0.637. The predicted octanol–water partition coefficient (Wildman–Crippen LogP) is 3.87. The molecule has 1 aliphatic heterocycles. The maximum atomic E-state index is 13.3. The van der Waals surface area contributed by atoms with Crippen LogP contribution in [-0.4, -0.2) is 40.6 Å². The van der Waals surface area contributed by atoms with Gasteiger partial charge in [0.2, 0.25) is 5.91 Å². The SMILES string of the molecule is O=C(c1ccccc1)c1ccccc1C(=O)N1CCCC(C(=O)Nc2nccs2)C1. The van der Waals surface area contributed by atoms with Crippen molar-refractivity contribution in [3.8, 4) is 0 Å². The molecule has 1 aliphatic rings. The Morgan fingerprint density at radius 2 is 1.73 bits per heavy atom. The van der Waals surface area contributed by atoms with Crippen LogP contribution < -0.4 is 5.32 Å². The number of amides is 2. The molecule has 4 rings (SSSR count). The largest absolute Gasteiger partial charge is 0.338 e. The van der Waals surface area contributed by atoms with Gasteiger partial charge in [0.1, 0.15) is 0 Å². The summed E-state index contributed by atoms with van der Waals surface area (Å²) in [5.41, 5.74) is 1.28. The summed E-state index contributed by atoms with van der Waals surface area (Å²) in [6, 6.07) is 15.8. The highest BCUT2D eigenvalue weighted by atomic mass is 32.1. The highest BCUT2D eigenvalue weighted by molar-refractivity contribution is 7.13. The van der Waals surface area contributed by atoms with Crippen LogP contribution in [0.1, 0.15) is 39.1 Å². The molecule has 152 valence electrons. The number of anilines is 1. The molecule has 2 aromatic carbocycles. The third-order valence-electron chi connectivity index (χ3n) is 5.18. The van der Waals surface area contributed by atoms with Gasteiger partial charge < -0.3 is 10.2 Å². The molecule has 0 radical (unpaired) electrons. The number of nitrogens with zero attached hydrogens (tertiary/aromatic N) is 2. The Labute approximate surface area is 178 Å². The lowest BCUT2D eigenvalue weighted by Gasteiger charge is -2.32. The first-order valence-electron chi connectivity index (χ1n) is 9.82. The fourth-order valence-electron chi connectivity index (χ4n) is 3.65. The van der Waals surface area contributed by atoms with Crippen LogP contribution >= 0.6 is 11.3 Å². The number of nitrogens with one attached hydrogen (secondary N) is 1. The van der Waals surface area contributed by atoms with E-state index in [9.17, 15) is 14.4 Å². The van der Waals surface area contributed by atoms with Crippen molar-refractivity contribution in [3.63, 3.8) is 0 Å². The molecule has 7 heteroatoms. The first-order chi connectivity index (χ1) is 14.6. The molecule has 3 aromatic rings. The second-order valence-corrected chi connectivity index (χ2v) is 8.05. The van der Waals surface area contributed by atoms with Crippen molar-refractivity contribution < 1.29 is 14.4 Å². The van der Waals surface area contributed by atoms with Gasteiger partial charge in [-0.1, -0.05) is 48.5 Å². The highest BCUT2D eigenvalue weighted by Crippen LogP contribution is 2.23. The minimum atomic E-state index is -0.302. The van der Waals surface area contributed by atoms with Crippen molar-refractivity contribution >= 4 is 34.1 Å². The summed E-state index contributed by atoms with van der Waals surface area (Å²) in [5, 5.41) is 5.17. The summed E-state index contributed by atoms with van der Waals surface area (Å²) in [6.45, 7) is 0.887. The Hall–Kier alpha value is -3.32. The van der Waals surface area contributed by atoms with Gasteiger partial charge in [-0.05, 0) is 18.9 Å². The molecule has 0 aliphatic carbocycles.